The second-order valence-electron chi connectivity index (χ2n) is 5.48. The Balaban J connectivity index is 2.64. The average molecular weight is 234 g/mol. The average Bonchev–Trinajstić information content (AvgIpc) is 2.27. The van der Waals surface area contributed by atoms with E-state index in [2.05, 4.69) is 19.6 Å². The number of aliphatic hydroxyl groups is 2. The quantitative estimate of drug-likeness (QED) is 0.716. The van der Waals surface area contributed by atoms with Gasteiger partial charge in [-0.25, -0.2) is 0 Å². The maximum absolute atomic E-state index is 9.90. The van der Waals surface area contributed by atoms with Gasteiger partial charge in [0.25, 0.3) is 0 Å². The van der Waals surface area contributed by atoms with Crippen molar-refractivity contribution in [3.8, 4) is 0 Å². The van der Waals surface area contributed by atoms with Crippen LogP contribution in [0.25, 0.3) is 0 Å². The molecule has 0 aromatic carbocycles. The fourth-order valence-corrected chi connectivity index (χ4v) is 2.96. The molecule has 2 N–H and O–H groups in total. The van der Waals surface area contributed by atoms with Crippen LogP contribution in [0, 0.1) is 0 Å². The van der Waals surface area contributed by atoms with E-state index in [-0.39, 0.29) is 6.10 Å². The van der Waals surface area contributed by atoms with Gasteiger partial charge in [-0.3, -0.25) is 0 Å². The van der Waals surface area contributed by atoms with Crippen LogP contribution < -0.4 is 0 Å². The summed E-state index contributed by atoms with van der Waals surface area (Å²) in [5.74, 6) is 0. The second-order valence-corrected chi connectivity index (χ2v) is 9.80. The second kappa shape index (κ2) is 4.21. The molecule has 1 saturated heterocycles. The maximum atomic E-state index is 9.90. The van der Waals surface area contributed by atoms with E-state index < -0.39 is 24.7 Å². The minimum Gasteiger partial charge on any atom is -0.388 e. The van der Waals surface area contributed by atoms with Crippen LogP contribution in [0.15, 0.2) is 0 Å². The summed E-state index contributed by atoms with van der Waals surface area (Å²) in [6.07, 6.45) is 4.05. The Hall–Kier alpha value is 0.180. The smallest absolute Gasteiger partial charge is 0.111 e. The molecule has 15 heavy (non-hydrogen) atoms. The van der Waals surface area contributed by atoms with Crippen molar-refractivity contribution < 1.29 is 14.9 Å². The van der Waals surface area contributed by atoms with Crippen LogP contribution in [0.2, 0.25) is 0 Å². The lowest BCUT2D eigenvalue weighted by atomic mass is 9.94. The van der Waals surface area contributed by atoms with Gasteiger partial charge in [-0.05, 0) is 39.8 Å². The first-order chi connectivity index (χ1) is 6.66. The Morgan fingerprint density at radius 2 is 1.93 bits per heavy atom. The summed E-state index contributed by atoms with van der Waals surface area (Å²) in [5.41, 5.74) is -0.603. The molecule has 0 aliphatic carbocycles. The topological polar surface area (TPSA) is 49.7 Å². The summed E-state index contributed by atoms with van der Waals surface area (Å²) in [7, 11) is 0. The molecule has 4 heteroatoms. The molecular weight excluding hydrogens is 211 g/mol. The van der Waals surface area contributed by atoms with Crippen molar-refractivity contribution in [2.24, 2.45) is 0 Å². The molecule has 0 aromatic heterocycles. The summed E-state index contributed by atoms with van der Waals surface area (Å²) in [5, 5.41) is 19.6. The SMILES string of the molecule is C=P(C)(C)CC[C@@]1(C)O[C@@H](C)C(O)[C@@H]1O. The van der Waals surface area contributed by atoms with Gasteiger partial charge in [0.2, 0.25) is 0 Å². The highest BCUT2D eigenvalue weighted by molar-refractivity contribution is 7.72. The van der Waals surface area contributed by atoms with E-state index >= 15 is 0 Å². The molecule has 90 valence electrons. The van der Waals surface area contributed by atoms with Gasteiger partial charge in [0.1, 0.15) is 12.2 Å². The third-order valence-electron chi connectivity index (χ3n) is 3.10. The van der Waals surface area contributed by atoms with Crippen molar-refractivity contribution in [2.45, 2.75) is 44.2 Å². The Kier molecular flexibility index (Phi) is 3.72. The van der Waals surface area contributed by atoms with E-state index in [9.17, 15) is 10.2 Å². The van der Waals surface area contributed by atoms with Gasteiger partial charge < -0.3 is 14.9 Å². The minimum atomic E-state index is -1.10. The van der Waals surface area contributed by atoms with E-state index in [1.54, 1.807) is 6.92 Å². The van der Waals surface area contributed by atoms with Gasteiger partial charge in [0.15, 0.2) is 0 Å². The molecule has 0 bridgehead atoms. The predicted octanol–water partition coefficient (Wildman–Crippen LogP) is 0.985. The highest BCUT2D eigenvalue weighted by atomic mass is 31.2. The standard InChI is InChI=1S/C11H23O3P/c1-8-9(12)10(13)11(2,14-8)6-7-15(3,4)5/h8-10,12-13H,3,6-7H2,1-2,4-5H3/t8-,9?,10-,11+/m0/s1. The lowest BCUT2D eigenvalue weighted by Gasteiger charge is -2.29. The van der Waals surface area contributed by atoms with Crippen LogP contribution in [-0.2, 0) is 4.74 Å². The van der Waals surface area contributed by atoms with Gasteiger partial charge >= 0.3 is 0 Å². The first-order valence-electron chi connectivity index (χ1n) is 5.37. The zero-order valence-corrected chi connectivity index (χ0v) is 11.0. The summed E-state index contributed by atoms with van der Waals surface area (Å²) in [6.45, 7) is 6.90. The number of aliphatic hydroxyl groups excluding tert-OH is 2. The van der Waals surface area contributed by atoms with Crippen molar-refractivity contribution in [3.05, 3.63) is 0 Å². The van der Waals surface area contributed by atoms with Crippen LogP contribution in [0.3, 0.4) is 0 Å². The number of hydrogen-bond acceptors (Lipinski definition) is 3. The molecule has 1 rings (SSSR count). The van der Waals surface area contributed by atoms with E-state index in [4.69, 9.17) is 4.74 Å². The van der Waals surface area contributed by atoms with Gasteiger partial charge in [0.05, 0.1) is 11.7 Å². The lowest BCUT2D eigenvalue weighted by molar-refractivity contribution is -0.0668. The van der Waals surface area contributed by atoms with Crippen molar-refractivity contribution in [1.82, 2.24) is 0 Å². The Labute approximate surface area is 92.4 Å². The van der Waals surface area contributed by atoms with Gasteiger partial charge in [-0.1, -0.05) is 0 Å². The number of rotatable bonds is 3. The molecule has 0 saturated carbocycles. The van der Waals surface area contributed by atoms with Crippen LogP contribution in [0.1, 0.15) is 20.3 Å². The Morgan fingerprint density at radius 3 is 2.27 bits per heavy atom. The van der Waals surface area contributed by atoms with Crippen LogP contribution >= 0.6 is 6.89 Å². The number of ether oxygens (including phenoxy) is 1. The van der Waals surface area contributed by atoms with Gasteiger partial charge in [0, 0.05) is 0 Å². The molecule has 0 radical (unpaired) electrons. The zero-order valence-electron chi connectivity index (χ0n) is 10.1. The molecule has 0 spiro atoms. The molecular formula is C11H23O3P. The molecule has 1 aliphatic heterocycles. The normalized spacial score (nSPS) is 42.1. The first kappa shape index (κ1) is 13.2. The van der Waals surface area contributed by atoms with Crippen molar-refractivity contribution >= 4 is 13.2 Å². The molecule has 1 unspecified atom stereocenters. The summed E-state index contributed by atoms with van der Waals surface area (Å²) < 4.78 is 5.66. The van der Waals surface area contributed by atoms with E-state index in [0.717, 1.165) is 12.6 Å². The molecule has 4 atom stereocenters. The monoisotopic (exact) mass is 234 g/mol. The predicted molar refractivity (Wildman–Crippen MR) is 66.3 cm³/mol. The Morgan fingerprint density at radius 1 is 1.40 bits per heavy atom. The van der Waals surface area contributed by atoms with Crippen LogP contribution in [0.5, 0.6) is 0 Å². The third kappa shape index (κ3) is 3.07. The zero-order chi connectivity index (χ0) is 11.9. The van der Waals surface area contributed by atoms with Gasteiger partial charge in [-0.15, -0.1) is 13.2 Å². The molecule has 1 heterocycles. The molecule has 0 amide bonds. The van der Waals surface area contributed by atoms with Crippen molar-refractivity contribution in [3.63, 3.8) is 0 Å². The van der Waals surface area contributed by atoms with Gasteiger partial charge in [-0.2, -0.15) is 0 Å². The summed E-state index contributed by atoms with van der Waals surface area (Å²) >= 11 is 0. The molecule has 0 aromatic rings. The highest BCUT2D eigenvalue weighted by Crippen LogP contribution is 2.41. The van der Waals surface area contributed by atoms with Crippen molar-refractivity contribution in [1.29, 1.82) is 0 Å². The highest BCUT2D eigenvalue weighted by Gasteiger charge is 2.48. The fourth-order valence-electron chi connectivity index (χ4n) is 1.91. The fraction of sp³-hybridized carbons (Fsp3) is 0.909. The molecule has 3 nitrogen and oxygen atoms in total. The molecule has 1 aliphatic rings. The molecule has 1 fully saturated rings. The largest absolute Gasteiger partial charge is 0.388 e. The van der Waals surface area contributed by atoms with E-state index in [1.807, 2.05) is 6.92 Å². The minimum absolute atomic E-state index is 0.281. The lowest BCUT2D eigenvalue weighted by Crippen LogP contribution is -2.41. The Bertz CT molecular complexity index is 273. The summed E-state index contributed by atoms with van der Waals surface area (Å²) in [4.78, 5) is 0. The van der Waals surface area contributed by atoms with Crippen molar-refractivity contribution in [2.75, 3.05) is 19.5 Å². The van der Waals surface area contributed by atoms with Crippen LogP contribution in [0.4, 0.5) is 0 Å². The maximum Gasteiger partial charge on any atom is 0.111 e. The third-order valence-corrected chi connectivity index (χ3v) is 4.53. The van der Waals surface area contributed by atoms with E-state index in [1.165, 1.54) is 0 Å². The first-order valence-corrected chi connectivity index (χ1v) is 8.42. The van der Waals surface area contributed by atoms with Crippen LogP contribution in [-0.4, -0.2) is 59.9 Å². The number of hydrogen-bond donors (Lipinski definition) is 2. The van der Waals surface area contributed by atoms with E-state index in [0.29, 0.717) is 0 Å². The summed E-state index contributed by atoms with van der Waals surface area (Å²) in [6, 6.07) is 0.